The number of hydrogen-bond donors (Lipinski definition) is 1. The summed E-state index contributed by atoms with van der Waals surface area (Å²) < 4.78 is 4.94. The molecule has 1 aliphatic rings. The highest BCUT2D eigenvalue weighted by Gasteiger charge is 2.23. The molecule has 0 saturated carbocycles. The SMILES string of the molecule is COC(=O)C(CNCC1CCCCN1C)c1ccccc1. The second-order valence-corrected chi connectivity index (χ2v) is 5.77. The molecule has 2 rings (SSSR count). The van der Waals surface area contributed by atoms with Crippen LogP contribution in [0.3, 0.4) is 0 Å². The average Bonchev–Trinajstić information content (AvgIpc) is 2.53. The molecule has 21 heavy (non-hydrogen) atoms. The molecule has 0 aromatic heterocycles. The van der Waals surface area contributed by atoms with E-state index in [0.717, 1.165) is 12.1 Å². The van der Waals surface area contributed by atoms with Gasteiger partial charge in [0.05, 0.1) is 13.0 Å². The fourth-order valence-electron chi connectivity index (χ4n) is 2.96. The minimum Gasteiger partial charge on any atom is -0.469 e. The van der Waals surface area contributed by atoms with Crippen molar-refractivity contribution in [3.8, 4) is 0 Å². The van der Waals surface area contributed by atoms with Gasteiger partial charge in [0, 0.05) is 19.1 Å². The van der Waals surface area contributed by atoms with Crippen LogP contribution in [-0.2, 0) is 9.53 Å². The van der Waals surface area contributed by atoms with Gasteiger partial charge in [-0.3, -0.25) is 4.79 Å². The molecule has 1 heterocycles. The minimum atomic E-state index is -0.231. The maximum atomic E-state index is 12.0. The zero-order valence-corrected chi connectivity index (χ0v) is 13.0. The molecule has 1 aliphatic heterocycles. The van der Waals surface area contributed by atoms with Crippen LogP contribution in [0.2, 0.25) is 0 Å². The Morgan fingerprint density at radius 3 is 2.81 bits per heavy atom. The molecule has 1 aromatic carbocycles. The second kappa shape index (κ2) is 8.15. The number of benzene rings is 1. The molecule has 4 nitrogen and oxygen atoms in total. The van der Waals surface area contributed by atoms with Crippen LogP contribution in [0.15, 0.2) is 30.3 Å². The Kier molecular flexibility index (Phi) is 6.21. The number of rotatable bonds is 6. The molecule has 4 heteroatoms. The van der Waals surface area contributed by atoms with Gasteiger partial charge in [0.1, 0.15) is 0 Å². The summed E-state index contributed by atoms with van der Waals surface area (Å²) in [5, 5.41) is 3.46. The van der Waals surface area contributed by atoms with Crippen LogP contribution in [0.4, 0.5) is 0 Å². The van der Waals surface area contributed by atoms with Crippen LogP contribution < -0.4 is 5.32 Å². The maximum absolute atomic E-state index is 12.0. The fraction of sp³-hybridized carbons (Fsp3) is 0.588. The molecule has 2 atom stereocenters. The number of nitrogens with zero attached hydrogens (tertiary/aromatic N) is 1. The van der Waals surface area contributed by atoms with E-state index in [2.05, 4.69) is 17.3 Å². The van der Waals surface area contributed by atoms with Gasteiger partial charge in [-0.25, -0.2) is 0 Å². The van der Waals surface area contributed by atoms with E-state index in [4.69, 9.17) is 4.74 Å². The summed E-state index contributed by atoms with van der Waals surface area (Å²) in [6.07, 6.45) is 3.83. The van der Waals surface area contributed by atoms with Gasteiger partial charge in [0.25, 0.3) is 0 Å². The van der Waals surface area contributed by atoms with Crippen molar-refractivity contribution in [2.24, 2.45) is 0 Å². The summed E-state index contributed by atoms with van der Waals surface area (Å²) in [6.45, 7) is 2.73. The largest absolute Gasteiger partial charge is 0.469 e. The van der Waals surface area contributed by atoms with Crippen molar-refractivity contribution in [2.75, 3.05) is 33.8 Å². The van der Waals surface area contributed by atoms with Crippen molar-refractivity contribution < 1.29 is 9.53 Å². The van der Waals surface area contributed by atoms with Crippen LogP contribution in [0.1, 0.15) is 30.7 Å². The highest BCUT2D eigenvalue weighted by Crippen LogP contribution is 2.17. The van der Waals surface area contributed by atoms with Gasteiger partial charge in [-0.15, -0.1) is 0 Å². The number of piperidine rings is 1. The van der Waals surface area contributed by atoms with Gasteiger partial charge in [-0.05, 0) is 32.0 Å². The van der Waals surface area contributed by atoms with Crippen molar-refractivity contribution in [2.45, 2.75) is 31.2 Å². The number of esters is 1. The third kappa shape index (κ3) is 4.55. The van der Waals surface area contributed by atoms with Gasteiger partial charge in [0.15, 0.2) is 0 Å². The van der Waals surface area contributed by atoms with Crippen LogP contribution in [0.5, 0.6) is 0 Å². The molecule has 1 aromatic rings. The van der Waals surface area contributed by atoms with E-state index in [1.165, 1.54) is 32.9 Å². The molecule has 116 valence electrons. The molecule has 0 aliphatic carbocycles. The number of methoxy groups -OCH3 is 1. The topological polar surface area (TPSA) is 41.6 Å². The number of likely N-dealkylation sites (tertiary alicyclic amines) is 1. The summed E-state index contributed by atoms with van der Waals surface area (Å²) >= 11 is 0. The van der Waals surface area contributed by atoms with Crippen molar-refractivity contribution in [1.82, 2.24) is 10.2 Å². The van der Waals surface area contributed by atoms with E-state index in [1.54, 1.807) is 0 Å². The number of nitrogens with one attached hydrogen (secondary N) is 1. The Balaban J connectivity index is 1.89. The highest BCUT2D eigenvalue weighted by molar-refractivity contribution is 5.78. The Hall–Kier alpha value is -1.39. The van der Waals surface area contributed by atoms with Gasteiger partial charge in [-0.2, -0.15) is 0 Å². The number of carbonyl (C=O) groups is 1. The van der Waals surface area contributed by atoms with Crippen LogP contribution in [-0.4, -0.2) is 50.7 Å². The Labute approximate surface area is 127 Å². The maximum Gasteiger partial charge on any atom is 0.314 e. The zero-order valence-electron chi connectivity index (χ0n) is 13.0. The summed E-state index contributed by atoms with van der Waals surface area (Å²) in [7, 11) is 3.63. The third-order valence-electron chi connectivity index (χ3n) is 4.34. The number of carbonyl (C=O) groups excluding carboxylic acids is 1. The fourth-order valence-corrected chi connectivity index (χ4v) is 2.96. The lowest BCUT2D eigenvalue weighted by atomic mass is 9.98. The lowest BCUT2D eigenvalue weighted by Crippen LogP contribution is -2.44. The monoisotopic (exact) mass is 290 g/mol. The summed E-state index contributed by atoms with van der Waals surface area (Å²) in [6, 6.07) is 10.4. The standard InChI is InChI=1S/C17H26N2O2/c1-19-11-7-6-10-15(19)12-18-13-16(17(20)21-2)14-8-4-3-5-9-14/h3-5,8-9,15-16,18H,6-7,10-13H2,1-2H3. The summed E-state index contributed by atoms with van der Waals surface area (Å²) in [5.74, 6) is -0.407. The first-order chi connectivity index (χ1) is 10.2. The van der Waals surface area contributed by atoms with Crippen LogP contribution in [0.25, 0.3) is 0 Å². The smallest absolute Gasteiger partial charge is 0.314 e. The Morgan fingerprint density at radius 1 is 1.38 bits per heavy atom. The first kappa shape index (κ1) is 16.0. The van der Waals surface area contributed by atoms with Gasteiger partial charge >= 0.3 is 5.97 Å². The number of hydrogen-bond acceptors (Lipinski definition) is 4. The Morgan fingerprint density at radius 2 is 2.14 bits per heavy atom. The number of likely N-dealkylation sites (N-methyl/N-ethyl adjacent to an activating group) is 1. The van der Waals surface area contributed by atoms with Gasteiger partial charge in [-0.1, -0.05) is 36.8 Å². The molecule has 1 fully saturated rings. The van der Waals surface area contributed by atoms with Gasteiger partial charge in [0.2, 0.25) is 0 Å². The second-order valence-electron chi connectivity index (χ2n) is 5.77. The van der Waals surface area contributed by atoms with E-state index in [-0.39, 0.29) is 11.9 Å². The summed E-state index contributed by atoms with van der Waals surface area (Å²) in [5.41, 5.74) is 1.01. The highest BCUT2D eigenvalue weighted by atomic mass is 16.5. The third-order valence-corrected chi connectivity index (χ3v) is 4.34. The van der Waals surface area contributed by atoms with Crippen molar-refractivity contribution in [1.29, 1.82) is 0 Å². The van der Waals surface area contributed by atoms with Crippen LogP contribution >= 0.6 is 0 Å². The molecular formula is C17H26N2O2. The van der Waals surface area contributed by atoms with E-state index in [9.17, 15) is 4.79 Å². The zero-order chi connectivity index (χ0) is 15.1. The summed E-state index contributed by atoms with van der Waals surface area (Å²) in [4.78, 5) is 14.4. The predicted molar refractivity (Wildman–Crippen MR) is 84.3 cm³/mol. The normalized spacial score (nSPS) is 21.0. The molecule has 0 radical (unpaired) electrons. The van der Waals surface area contributed by atoms with Crippen molar-refractivity contribution >= 4 is 5.97 Å². The quantitative estimate of drug-likeness (QED) is 0.814. The molecule has 0 spiro atoms. The van der Waals surface area contributed by atoms with Gasteiger partial charge < -0.3 is 15.0 Å². The van der Waals surface area contributed by atoms with Crippen molar-refractivity contribution in [3.05, 3.63) is 35.9 Å². The van der Waals surface area contributed by atoms with E-state index in [0.29, 0.717) is 12.6 Å². The first-order valence-corrected chi connectivity index (χ1v) is 7.76. The molecule has 2 unspecified atom stereocenters. The average molecular weight is 290 g/mol. The molecule has 1 saturated heterocycles. The lowest BCUT2D eigenvalue weighted by molar-refractivity contribution is -0.142. The lowest BCUT2D eigenvalue weighted by Gasteiger charge is -2.33. The predicted octanol–water partition coefficient (Wildman–Crippen LogP) is 2.02. The first-order valence-electron chi connectivity index (χ1n) is 7.76. The minimum absolute atomic E-state index is 0.175. The Bertz CT molecular complexity index is 436. The van der Waals surface area contributed by atoms with E-state index < -0.39 is 0 Å². The number of ether oxygens (including phenoxy) is 1. The van der Waals surface area contributed by atoms with Crippen LogP contribution in [0, 0.1) is 0 Å². The van der Waals surface area contributed by atoms with E-state index in [1.807, 2.05) is 30.3 Å². The van der Waals surface area contributed by atoms with E-state index >= 15 is 0 Å². The molecule has 1 N–H and O–H groups in total. The molecule has 0 bridgehead atoms. The van der Waals surface area contributed by atoms with Crippen molar-refractivity contribution in [3.63, 3.8) is 0 Å². The molecular weight excluding hydrogens is 264 g/mol. The molecule has 0 amide bonds.